The van der Waals surface area contributed by atoms with Crippen molar-refractivity contribution in [2.45, 2.75) is 6.92 Å². The van der Waals surface area contributed by atoms with E-state index < -0.39 is 11.9 Å². The lowest BCUT2D eigenvalue weighted by Gasteiger charge is -2.26. The normalized spacial score (nSPS) is 11.5. The van der Waals surface area contributed by atoms with Crippen LogP contribution in [0, 0.1) is 18.3 Å². The van der Waals surface area contributed by atoms with Gasteiger partial charge in [-0.05, 0) is 66.6 Å². The first-order valence-corrected chi connectivity index (χ1v) is 10.2. The number of nitrogens with zero attached hydrogens (tertiary/aromatic N) is 2. The van der Waals surface area contributed by atoms with E-state index in [0.717, 1.165) is 22.6 Å². The lowest BCUT2D eigenvalue weighted by Crippen LogP contribution is -2.10. The molecular weight excluding hydrogens is 440 g/mol. The molecule has 0 fully saturated rings. The Morgan fingerprint density at radius 3 is 1.61 bits per heavy atom. The second kappa shape index (κ2) is 10.3. The number of carboxylic acid groups (broad SMARTS) is 2. The molecule has 3 rings (SSSR count). The summed E-state index contributed by atoms with van der Waals surface area (Å²) >= 11 is 5.73. The van der Waals surface area contributed by atoms with Crippen molar-refractivity contribution < 1.29 is 19.8 Å². The zero-order valence-electron chi connectivity index (χ0n) is 17.6. The highest BCUT2D eigenvalue weighted by Crippen LogP contribution is 2.35. The number of hydrogen-bond acceptors (Lipinski definition) is 4. The van der Waals surface area contributed by atoms with Crippen molar-refractivity contribution >= 4 is 52.8 Å². The summed E-state index contributed by atoms with van der Waals surface area (Å²) in [5.41, 5.74) is 4.55. The Morgan fingerprint density at radius 1 is 0.788 bits per heavy atom. The van der Waals surface area contributed by atoms with Gasteiger partial charge in [-0.1, -0.05) is 53.6 Å². The molecule has 0 aliphatic rings. The van der Waals surface area contributed by atoms with Crippen molar-refractivity contribution in [2.24, 2.45) is 0 Å². The summed E-state index contributed by atoms with van der Waals surface area (Å²) in [7, 11) is 0. The first-order chi connectivity index (χ1) is 15.8. The lowest BCUT2D eigenvalue weighted by atomic mass is 10.1. The van der Waals surface area contributed by atoms with Gasteiger partial charge in [0.15, 0.2) is 0 Å². The van der Waals surface area contributed by atoms with E-state index >= 15 is 0 Å². The first-order valence-electron chi connectivity index (χ1n) is 9.81. The van der Waals surface area contributed by atoms with Crippen LogP contribution in [0.2, 0.25) is 0 Å². The van der Waals surface area contributed by atoms with Gasteiger partial charge in [0.05, 0.1) is 0 Å². The molecule has 3 aromatic carbocycles. The molecule has 2 N–H and O–H groups in total. The predicted molar refractivity (Wildman–Crippen MR) is 129 cm³/mol. The number of nitriles is 1. The fourth-order valence-corrected chi connectivity index (χ4v) is 3.22. The summed E-state index contributed by atoms with van der Waals surface area (Å²) in [6, 6.07) is 24.0. The molecule has 0 spiro atoms. The Kier molecular flexibility index (Phi) is 7.29. The SMILES string of the molecule is Cc1ccc(N(c2ccc(/C=C(/Cl)C(=O)O)cc2)c2ccc(/C=C(\C#N)C(=O)O)cc2)cc1. The standard InChI is InChI=1S/C26H19ClN2O4/c1-17-2-8-21(9-3-17)29(23-12-6-19(7-13-23)15-24(27)26(32)33)22-10-4-18(5-11-22)14-20(16-28)25(30)31/h2-15H,1H3,(H,30,31)(H,32,33)/b20-14+,24-15+. The van der Waals surface area contributed by atoms with E-state index in [2.05, 4.69) is 0 Å². The third-order valence-electron chi connectivity index (χ3n) is 4.75. The zero-order valence-corrected chi connectivity index (χ0v) is 18.3. The number of carbonyl (C=O) groups is 2. The van der Waals surface area contributed by atoms with Crippen molar-refractivity contribution in [2.75, 3.05) is 4.90 Å². The van der Waals surface area contributed by atoms with E-state index in [1.54, 1.807) is 30.3 Å². The van der Waals surface area contributed by atoms with Gasteiger partial charge in [-0.25, -0.2) is 9.59 Å². The Labute approximate surface area is 195 Å². The molecule has 0 unspecified atom stereocenters. The van der Waals surface area contributed by atoms with Crippen LogP contribution in [0.3, 0.4) is 0 Å². The number of rotatable bonds is 7. The van der Waals surface area contributed by atoms with Crippen molar-refractivity contribution in [1.82, 2.24) is 0 Å². The van der Waals surface area contributed by atoms with Crippen LogP contribution in [0.25, 0.3) is 12.2 Å². The molecule has 7 heteroatoms. The largest absolute Gasteiger partial charge is 0.477 e. The molecule has 0 saturated carbocycles. The highest BCUT2D eigenvalue weighted by Gasteiger charge is 2.13. The van der Waals surface area contributed by atoms with Gasteiger partial charge in [-0.15, -0.1) is 0 Å². The fourth-order valence-electron chi connectivity index (χ4n) is 3.10. The predicted octanol–water partition coefficient (Wildman–Crippen LogP) is 6.12. The Morgan fingerprint density at radius 2 is 1.21 bits per heavy atom. The summed E-state index contributed by atoms with van der Waals surface area (Å²) in [5, 5.41) is 26.7. The minimum Gasteiger partial charge on any atom is -0.477 e. The van der Waals surface area contributed by atoms with Gasteiger partial charge >= 0.3 is 11.9 Å². The van der Waals surface area contributed by atoms with Crippen LogP contribution in [0.5, 0.6) is 0 Å². The van der Waals surface area contributed by atoms with E-state index in [1.807, 2.05) is 60.4 Å². The summed E-state index contributed by atoms with van der Waals surface area (Å²) in [5.74, 6) is -2.47. The highest BCUT2D eigenvalue weighted by molar-refractivity contribution is 6.42. The fraction of sp³-hybridized carbons (Fsp3) is 0.0385. The molecule has 6 nitrogen and oxygen atoms in total. The minimum atomic E-state index is -1.28. The second-order valence-corrected chi connectivity index (χ2v) is 7.53. The number of aliphatic carboxylic acids is 2. The van der Waals surface area contributed by atoms with Crippen molar-refractivity contribution in [3.63, 3.8) is 0 Å². The lowest BCUT2D eigenvalue weighted by molar-refractivity contribution is -0.132. The van der Waals surface area contributed by atoms with E-state index in [1.165, 1.54) is 12.2 Å². The van der Waals surface area contributed by atoms with Gasteiger partial charge in [0.25, 0.3) is 0 Å². The number of aryl methyl sites for hydroxylation is 1. The van der Waals surface area contributed by atoms with Crippen LogP contribution in [0.4, 0.5) is 17.1 Å². The molecule has 164 valence electrons. The third-order valence-corrected chi connectivity index (χ3v) is 5.03. The molecule has 0 saturated heterocycles. The molecule has 0 aliphatic heterocycles. The van der Waals surface area contributed by atoms with E-state index in [4.69, 9.17) is 27.1 Å². The second-order valence-electron chi connectivity index (χ2n) is 7.13. The Hall–Kier alpha value is -4.34. The van der Waals surface area contributed by atoms with Crippen LogP contribution < -0.4 is 4.90 Å². The number of anilines is 3. The monoisotopic (exact) mass is 458 g/mol. The molecule has 0 aliphatic carbocycles. The van der Waals surface area contributed by atoms with Gasteiger partial charge in [0.2, 0.25) is 0 Å². The van der Waals surface area contributed by atoms with Crippen LogP contribution in [-0.2, 0) is 9.59 Å². The third kappa shape index (κ3) is 5.88. The summed E-state index contributed by atoms with van der Waals surface area (Å²) in [6.45, 7) is 2.00. The molecule has 0 radical (unpaired) electrons. The first kappa shape index (κ1) is 23.3. The maximum absolute atomic E-state index is 11.1. The topological polar surface area (TPSA) is 102 Å². The van der Waals surface area contributed by atoms with Crippen molar-refractivity contribution in [3.8, 4) is 6.07 Å². The summed E-state index contributed by atoms with van der Waals surface area (Å²) in [4.78, 5) is 24.1. The number of benzene rings is 3. The van der Waals surface area contributed by atoms with Crippen LogP contribution in [0.15, 0.2) is 83.4 Å². The average molecular weight is 459 g/mol. The quantitative estimate of drug-likeness (QED) is 0.326. The molecule has 0 heterocycles. The Balaban J connectivity index is 2.02. The van der Waals surface area contributed by atoms with Gasteiger partial charge in [0, 0.05) is 17.1 Å². The van der Waals surface area contributed by atoms with E-state index in [0.29, 0.717) is 11.1 Å². The van der Waals surface area contributed by atoms with Gasteiger partial charge in [-0.2, -0.15) is 5.26 Å². The maximum Gasteiger partial charge on any atom is 0.347 e. The molecule has 33 heavy (non-hydrogen) atoms. The Bertz CT molecular complexity index is 1270. The summed E-state index contributed by atoms with van der Waals surface area (Å²) < 4.78 is 0. The zero-order chi connectivity index (χ0) is 24.0. The molecule has 0 aromatic heterocycles. The number of hydrogen-bond donors (Lipinski definition) is 2. The van der Waals surface area contributed by atoms with Gasteiger partial charge in [0.1, 0.15) is 16.7 Å². The van der Waals surface area contributed by atoms with E-state index in [9.17, 15) is 9.59 Å². The average Bonchev–Trinajstić information content (AvgIpc) is 2.80. The number of halogens is 1. The smallest absolute Gasteiger partial charge is 0.347 e. The van der Waals surface area contributed by atoms with E-state index in [-0.39, 0.29) is 10.6 Å². The van der Waals surface area contributed by atoms with Gasteiger partial charge < -0.3 is 15.1 Å². The molecule has 0 amide bonds. The van der Waals surface area contributed by atoms with Crippen molar-refractivity contribution in [1.29, 1.82) is 5.26 Å². The molecule has 0 bridgehead atoms. The van der Waals surface area contributed by atoms with Crippen molar-refractivity contribution in [3.05, 3.63) is 100 Å². The molecule has 3 aromatic rings. The highest BCUT2D eigenvalue weighted by atomic mass is 35.5. The van der Waals surface area contributed by atoms with Crippen LogP contribution in [0.1, 0.15) is 16.7 Å². The summed E-state index contributed by atoms with van der Waals surface area (Å²) in [6.07, 6.45) is 2.69. The minimum absolute atomic E-state index is 0.278. The van der Waals surface area contributed by atoms with Crippen LogP contribution >= 0.6 is 11.6 Å². The molecular formula is C26H19ClN2O4. The van der Waals surface area contributed by atoms with Gasteiger partial charge in [-0.3, -0.25) is 0 Å². The van der Waals surface area contributed by atoms with Crippen LogP contribution in [-0.4, -0.2) is 22.2 Å². The molecule has 0 atom stereocenters. The number of carboxylic acids is 2. The maximum atomic E-state index is 11.1.